The maximum Gasteiger partial charge on any atom is 0.106 e. The van der Waals surface area contributed by atoms with Crippen LogP contribution in [0.2, 0.25) is 0 Å². The van der Waals surface area contributed by atoms with Gasteiger partial charge in [-0.15, -0.1) is 22.7 Å². The van der Waals surface area contributed by atoms with Gasteiger partial charge in [-0.1, -0.05) is 13.0 Å². The molecular weight excluding hydrogens is 274 g/mol. The molecular formula is C14H15N3S2. The topological polar surface area (TPSA) is 50.9 Å². The standard InChI is InChI=1S/C14H15N3S2/c1-2-11-12(15)13-14(19-11)10(5-6-16-13)17-8-9-4-3-7-18-9/h3-7H,2,8,15H2,1H3,(H,16,17). The molecule has 19 heavy (non-hydrogen) atoms. The Morgan fingerprint density at radius 1 is 1.37 bits per heavy atom. The minimum absolute atomic E-state index is 0.835. The fourth-order valence-corrected chi connectivity index (χ4v) is 3.80. The lowest BCUT2D eigenvalue weighted by molar-refractivity contribution is 1.19. The van der Waals surface area contributed by atoms with Crippen LogP contribution in [0.3, 0.4) is 0 Å². The van der Waals surface area contributed by atoms with Gasteiger partial charge < -0.3 is 11.1 Å². The van der Waals surface area contributed by atoms with Gasteiger partial charge in [-0.3, -0.25) is 4.98 Å². The first kappa shape index (κ1) is 12.4. The zero-order chi connectivity index (χ0) is 13.2. The molecule has 0 spiro atoms. The van der Waals surface area contributed by atoms with Crippen LogP contribution in [0.5, 0.6) is 0 Å². The van der Waals surface area contributed by atoms with Crippen molar-refractivity contribution in [3.63, 3.8) is 0 Å². The molecule has 0 unspecified atom stereocenters. The second-order valence-corrected chi connectivity index (χ2v) is 6.40. The fraction of sp³-hybridized carbons (Fsp3) is 0.214. The van der Waals surface area contributed by atoms with E-state index in [9.17, 15) is 0 Å². The van der Waals surface area contributed by atoms with E-state index in [0.717, 1.165) is 34.6 Å². The van der Waals surface area contributed by atoms with E-state index >= 15 is 0 Å². The Labute approximate surface area is 120 Å². The molecule has 5 heteroatoms. The Morgan fingerprint density at radius 3 is 3.00 bits per heavy atom. The molecule has 0 aliphatic rings. The summed E-state index contributed by atoms with van der Waals surface area (Å²) in [5.41, 5.74) is 9.02. The molecule has 3 rings (SSSR count). The molecule has 0 aliphatic heterocycles. The highest BCUT2D eigenvalue weighted by Crippen LogP contribution is 2.37. The molecule has 0 saturated carbocycles. The summed E-state index contributed by atoms with van der Waals surface area (Å²) >= 11 is 3.50. The van der Waals surface area contributed by atoms with Crippen LogP contribution in [0.15, 0.2) is 29.8 Å². The Kier molecular flexibility index (Phi) is 3.40. The molecule has 0 aliphatic carbocycles. The smallest absolute Gasteiger partial charge is 0.106 e. The van der Waals surface area contributed by atoms with E-state index in [1.54, 1.807) is 22.7 Å². The Morgan fingerprint density at radius 2 is 2.26 bits per heavy atom. The van der Waals surface area contributed by atoms with Crippen molar-refractivity contribution in [2.24, 2.45) is 0 Å². The van der Waals surface area contributed by atoms with Crippen LogP contribution in [0, 0.1) is 0 Å². The van der Waals surface area contributed by atoms with Crippen molar-refractivity contribution in [3.8, 4) is 0 Å². The largest absolute Gasteiger partial charge is 0.396 e. The number of rotatable bonds is 4. The van der Waals surface area contributed by atoms with Gasteiger partial charge >= 0.3 is 0 Å². The summed E-state index contributed by atoms with van der Waals surface area (Å²) in [7, 11) is 0. The Hall–Kier alpha value is -1.59. The third-order valence-electron chi connectivity index (χ3n) is 3.04. The van der Waals surface area contributed by atoms with Gasteiger partial charge in [0.05, 0.1) is 16.1 Å². The zero-order valence-electron chi connectivity index (χ0n) is 10.6. The average Bonchev–Trinajstić information content (AvgIpc) is 3.05. The van der Waals surface area contributed by atoms with Crippen LogP contribution in [0.4, 0.5) is 11.4 Å². The van der Waals surface area contributed by atoms with Crippen LogP contribution in [-0.4, -0.2) is 4.98 Å². The number of hydrogen-bond donors (Lipinski definition) is 2. The van der Waals surface area contributed by atoms with E-state index in [1.807, 2.05) is 12.3 Å². The van der Waals surface area contributed by atoms with Crippen LogP contribution >= 0.6 is 22.7 Å². The predicted molar refractivity (Wildman–Crippen MR) is 85.1 cm³/mol. The molecule has 0 bridgehead atoms. The summed E-state index contributed by atoms with van der Waals surface area (Å²) < 4.78 is 1.16. The van der Waals surface area contributed by atoms with Gasteiger partial charge in [0, 0.05) is 22.5 Å². The van der Waals surface area contributed by atoms with Crippen LogP contribution in [0.25, 0.3) is 10.2 Å². The van der Waals surface area contributed by atoms with Crippen molar-refractivity contribution in [1.29, 1.82) is 0 Å². The van der Waals surface area contributed by atoms with E-state index in [0.29, 0.717) is 0 Å². The van der Waals surface area contributed by atoms with Crippen molar-refractivity contribution < 1.29 is 0 Å². The number of nitrogen functional groups attached to an aromatic ring is 1. The quantitative estimate of drug-likeness (QED) is 0.760. The molecule has 3 aromatic rings. The maximum absolute atomic E-state index is 6.13. The number of hydrogen-bond acceptors (Lipinski definition) is 5. The highest BCUT2D eigenvalue weighted by Gasteiger charge is 2.12. The van der Waals surface area contributed by atoms with Gasteiger partial charge in [-0.05, 0) is 23.9 Å². The van der Waals surface area contributed by atoms with Crippen molar-refractivity contribution >= 4 is 44.3 Å². The number of nitrogens with two attached hydrogens (primary N) is 1. The molecule has 0 aromatic carbocycles. The van der Waals surface area contributed by atoms with E-state index in [1.165, 1.54) is 9.75 Å². The first-order valence-electron chi connectivity index (χ1n) is 6.21. The highest BCUT2D eigenvalue weighted by molar-refractivity contribution is 7.20. The molecule has 0 fully saturated rings. The minimum Gasteiger partial charge on any atom is -0.396 e. The monoisotopic (exact) mass is 289 g/mol. The number of aryl methyl sites for hydroxylation is 1. The third kappa shape index (κ3) is 2.31. The number of aromatic nitrogens is 1. The minimum atomic E-state index is 0.835. The molecule has 0 saturated heterocycles. The molecule has 3 nitrogen and oxygen atoms in total. The summed E-state index contributed by atoms with van der Waals surface area (Å²) in [6, 6.07) is 6.23. The Balaban J connectivity index is 1.94. The van der Waals surface area contributed by atoms with Crippen LogP contribution in [-0.2, 0) is 13.0 Å². The van der Waals surface area contributed by atoms with Gasteiger partial charge in [0.25, 0.3) is 0 Å². The predicted octanol–water partition coefficient (Wildman–Crippen LogP) is 4.11. The molecule has 3 heterocycles. The number of fused-ring (bicyclic) bond motifs is 1. The number of nitrogens with one attached hydrogen (secondary N) is 1. The van der Waals surface area contributed by atoms with E-state index in [-0.39, 0.29) is 0 Å². The number of pyridine rings is 1. The van der Waals surface area contributed by atoms with Gasteiger partial charge in [-0.2, -0.15) is 0 Å². The fourth-order valence-electron chi connectivity index (χ4n) is 2.05. The first-order chi connectivity index (χ1) is 9.29. The van der Waals surface area contributed by atoms with Crippen molar-refractivity contribution in [1.82, 2.24) is 4.98 Å². The first-order valence-corrected chi connectivity index (χ1v) is 7.91. The molecule has 0 amide bonds. The van der Waals surface area contributed by atoms with Crippen LogP contribution in [0.1, 0.15) is 16.7 Å². The lowest BCUT2D eigenvalue weighted by Gasteiger charge is -2.05. The molecule has 3 aromatic heterocycles. The third-order valence-corrected chi connectivity index (χ3v) is 5.29. The lowest BCUT2D eigenvalue weighted by Crippen LogP contribution is -1.97. The summed E-state index contributed by atoms with van der Waals surface area (Å²) in [5, 5.41) is 5.57. The summed E-state index contributed by atoms with van der Waals surface area (Å²) in [6.07, 6.45) is 2.78. The van der Waals surface area contributed by atoms with E-state index < -0.39 is 0 Å². The summed E-state index contributed by atoms with van der Waals surface area (Å²) in [4.78, 5) is 6.94. The van der Waals surface area contributed by atoms with Gasteiger partial charge in [0.1, 0.15) is 5.52 Å². The van der Waals surface area contributed by atoms with Crippen molar-refractivity contribution in [2.75, 3.05) is 11.1 Å². The lowest BCUT2D eigenvalue weighted by atomic mass is 10.2. The summed E-state index contributed by atoms with van der Waals surface area (Å²) in [6.45, 7) is 2.97. The second kappa shape index (κ2) is 5.19. The van der Waals surface area contributed by atoms with Gasteiger partial charge in [0.15, 0.2) is 0 Å². The summed E-state index contributed by atoms with van der Waals surface area (Å²) in [5.74, 6) is 0. The molecule has 98 valence electrons. The number of anilines is 2. The SMILES string of the molecule is CCc1sc2c(NCc3cccs3)ccnc2c1N. The van der Waals surface area contributed by atoms with Gasteiger partial charge in [0.2, 0.25) is 0 Å². The Bertz CT molecular complexity index is 686. The zero-order valence-corrected chi connectivity index (χ0v) is 12.3. The molecule has 3 N–H and O–H groups in total. The van der Waals surface area contributed by atoms with E-state index in [2.05, 4.69) is 34.7 Å². The molecule has 0 radical (unpaired) electrons. The van der Waals surface area contributed by atoms with Gasteiger partial charge in [-0.25, -0.2) is 0 Å². The van der Waals surface area contributed by atoms with Crippen molar-refractivity contribution in [3.05, 3.63) is 39.5 Å². The molecule has 0 atom stereocenters. The number of thiophene rings is 2. The van der Waals surface area contributed by atoms with Crippen molar-refractivity contribution in [2.45, 2.75) is 19.9 Å². The maximum atomic E-state index is 6.13. The second-order valence-electron chi connectivity index (χ2n) is 4.26. The number of nitrogens with zero attached hydrogens (tertiary/aromatic N) is 1. The normalized spacial score (nSPS) is 11.0. The highest BCUT2D eigenvalue weighted by atomic mass is 32.1. The average molecular weight is 289 g/mol. The van der Waals surface area contributed by atoms with E-state index in [4.69, 9.17) is 5.73 Å². The van der Waals surface area contributed by atoms with Crippen LogP contribution < -0.4 is 11.1 Å².